The van der Waals surface area contributed by atoms with Crippen molar-refractivity contribution in [3.8, 4) is 11.3 Å². The monoisotopic (exact) mass is 399 g/mol. The molecule has 0 radical (unpaired) electrons. The van der Waals surface area contributed by atoms with Crippen LogP contribution in [0.5, 0.6) is 0 Å². The Balaban J connectivity index is 2.23. The van der Waals surface area contributed by atoms with Crippen LogP contribution in [0.3, 0.4) is 0 Å². The van der Waals surface area contributed by atoms with Gasteiger partial charge in [-0.15, -0.1) is 0 Å². The van der Waals surface area contributed by atoms with Gasteiger partial charge in [0.2, 0.25) is 0 Å². The fourth-order valence-electron chi connectivity index (χ4n) is 1.72. The van der Waals surface area contributed by atoms with Gasteiger partial charge >= 0.3 is 0 Å². The highest BCUT2D eigenvalue weighted by Gasteiger charge is 2.10. The summed E-state index contributed by atoms with van der Waals surface area (Å²) in [7, 11) is 0. The Morgan fingerprint density at radius 1 is 1.06 bits per heavy atom. The smallest absolute Gasteiger partial charge is 0.174 e. The predicted molar refractivity (Wildman–Crippen MR) is 79.9 cm³/mol. The summed E-state index contributed by atoms with van der Waals surface area (Å²) in [4.78, 5) is 0. The number of hydrogen-bond donors (Lipinski definition) is 0. The molecule has 17 heavy (non-hydrogen) atoms. The second kappa shape index (κ2) is 4.42. The molecule has 0 N–H and O–H groups in total. The van der Waals surface area contributed by atoms with Crippen molar-refractivity contribution in [1.29, 1.82) is 0 Å². The molecular weight excluding hydrogens is 393 g/mol. The van der Waals surface area contributed by atoms with Crippen molar-refractivity contribution in [3.05, 3.63) is 50.5 Å². The molecule has 1 aromatic heterocycles. The summed E-state index contributed by atoms with van der Waals surface area (Å²) in [6.07, 6.45) is 0. The van der Waals surface area contributed by atoms with Gasteiger partial charge in [-0.1, -0.05) is 21.1 Å². The van der Waals surface area contributed by atoms with Crippen LogP contribution in [-0.4, -0.2) is 5.16 Å². The van der Waals surface area contributed by atoms with E-state index in [2.05, 4.69) is 49.7 Å². The Morgan fingerprint density at radius 2 is 1.82 bits per heavy atom. The summed E-state index contributed by atoms with van der Waals surface area (Å²) < 4.78 is 7.66. The quantitative estimate of drug-likeness (QED) is 0.546. The number of fused-ring (bicyclic) bond motifs is 1. The lowest BCUT2D eigenvalue weighted by Gasteiger charge is -1.97. The van der Waals surface area contributed by atoms with E-state index in [1.165, 1.54) is 3.57 Å². The minimum Gasteiger partial charge on any atom is -0.355 e. The Labute approximate surface area is 120 Å². The maximum absolute atomic E-state index is 5.43. The van der Waals surface area contributed by atoms with Gasteiger partial charge in [0.1, 0.15) is 5.52 Å². The first-order valence-electron chi connectivity index (χ1n) is 5.05. The first-order valence-corrected chi connectivity index (χ1v) is 6.92. The molecule has 0 spiro atoms. The first-order chi connectivity index (χ1) is 8.24. The van der Waals surface area contributed by atoms with Crippen LogP contribution in [0, 0.1) is 3.57 Å². The molecule has 3 rings (SSSR count). The van der Waals surface area contributed by atoms with Gasteiger partial charge in [-0.25, -0.2) is 0 Å². The highest BCUT2D eigenvalue weighted by molar-refractivity contribution is 14.1. The van der Waals surface area contributed by atoms with E-state index < -0.39 is 0 Å². The zero-order chi connectivity index (χ0) is 11.8. The van der Waals surface area contributed by atoms with E-state index in [-0.39, 0.29) is 0 Å². The molecule has 0 bridgehead atoms. The molecule has 0 saturated heterocycles. The minimum absolute atomic E-state index is 0.825. The van der Waals surface area contributed by atoms with Crippen LogP contribution in [0.4, 0.5) is 0 Å². The third-order valence-corrected chi connectivity index (χ3v) is 3.74. The lowest BCUT2D eigenvalue weighted by Crippen LogP contribution is -1.76. The molecule has 1 heterocycles. The topological polar surface area (TPSA) is 26.0 Å². The molecule has 0 atom stereocenters. The van der Waals surface area contributed by atoms with Crippen molar-refractivity contribution in [2.75, 3.05) is 0 Å². The number of rotatable bonds is 1. The van der Waals surface area contributed by atoms with E-state index in [1.54, 1.807) is 0 Å². The zero-order valence-electron chi connectivity index (χ0n) is 8.65. The molecule has 0 amide bonds. The number of nitrogens with zero attached hydrogens (tertiary/aromatic N) is 1. The highest BCUT2D eigenvalue weighted by Crippen LogP contribution is 2.30. The molecule has 0 saturated carbocycles. The maximum atomic E-state index is 5.43. The molecule has 3 aromatic rings. The van der Waals surface area contributed by atoms with E-state index >= 15 is 0 Å². The third-order valence-electron chi connectivity index (χ3n) is 2.54. The van der Waals surface area contributed by atoms with Gasteiger partial charge in [-0.2, -0.15) is 0 Å². The van der Waals surface area contributed by atoms with Gasteiger partial charge in [-0.3, -0.25) is 0 Å². The number of aromatic nitrogens is 1. The lowest BCUT2D eigenvalue weighted by molar-refractivity contribution is 0.441. The van der Waals surface area contributed by atoms with Crippen LogP contribution in [0.1, 0.15) is 0 Å². The average Bonchev–Trinajstić information content (AvgIpc) is 2.73. The summed E-state index contributed by atoms with van der Waals surface area (Å²) in [5.74, 6) is 0.825. The van der Waals surface area contributed by atoms with E-state index in [9.17, 15) is 0 Å². The van der Waals surface area contributed by atoms with Crippen LogP contribution in [0.25, 0.3) is 22.2 Å². The normalized spacial score (nSPS) is 10.9. The summed E-state index contributed by atoms with van der Waals surface area (Å²) >= 11 is 5.71. The average molecular weight is 400 g/mol. The highest BCUT2D eigenvalue weighted by atomic mass is 127. The second-order valence-corrected chi connectivity index (χ2v) is 5.84. The Kier molecular flexibility index (Phi) is 2.92. The van der Waals surface area contributed by atoms with Crippen LogP contribution in [0.2, 0.25) is 0 Å². The lowest BCUT2D eigenvalue weighted by atomic mass is 10.1. The predicted octanol–water partition coefficient (Wildman–Crippen LogP) is 4.86. The van der Waals surface area contributed by atoms with Gasteiger partial charge in [0.05, 0.1) is 5.39 Å². The summed E-state index contributed by atoms with van der Waals surface area (Å²) in [6, 6.07) is 14.1. The number of hydrogen-bond acceptors (Lipinski definition) is 2. The van der Waals surface area contributed by atoms with Crippen molar-refractivity contribution in [2.45, 2.75) is 0 Å². The molecule has 0 aliphatic carbocycles. The van der Waals surface area contributed by atoms with Gasteiger partial charge in [0, 0.05) is 13.6 Å². The molecule has 84 valence electrons. The SMILES string of the molecule is Brc1ccc(-c2onc3ccc(I)cc23)cc1. The van der Waals surface area contributed by atoms with E-state index in [4.69, 9.17) is 4.52 Å². The van der Waals surface area contributed by atoms with Crippen molar-refractivity contribution in [2.24, 2.45) is 0 Å². The molecule has 2 nitrogen and oxygen atoms in total. The summed E-state index contributed by atoms with van der Waals surface area (Å²) in [5, 5.41) is 5.12. The molecule has 4 heteroatoms. The fourth-order valence-corrected chi connectivity index (χ4v) is 2.48. The van der Waals surface area contributed by atoms with Gasteiger partial charge < -0.3 is 4.52 Å². The van der Waals surface area contributed by atoms with E-state index in [0.29, 0.717) is 0 Å². The zero-order valence-corrected chi connectivity index (χ0v) is 12.4. The summed E-state index contributed by atoms with van der Waals surface area (Å²) in [6.45, 7) is 0. The molecular formula is C13H7BrINO. The molecule has 2 aromatic carbocycles. The van der Waals surface area contributed by atoms with Gasteiger partial charge in [0.15, 0.2) is 5.76 Å². The summed E-state index contributed by atoms with van der Waals surface area (Å²) in [5.41, 5.74) is 1.93. The van der Waals surface area contributed by atoms with Crippen molar-refractivity contribution >= 4 is 49.4 Å². The van der Waals surface area contributed by atoms with E-state index in [1.807, 2.05) is 36.4 Å². The first kappa shape index (κ1) is 11.2. The molecule has 0 aliphatic rings. The molecule has 0 unspecified atom stereocenters. The minimum atomic E-state index is 0.825. The fraction of sp³-hybridized carbons (Fsp3) is 0. The Morgan fingerprint density at radius 3 is 2.59 bits per heavy atom. The largest absolute Gasteiger partial charge is 0.355 e. The number of benzene rings is 2. The third kappa shape index (κ3) is 2.11. The van der Waals surface area contributed by atoms with Gasteiger partial charge in [0.25, 0.3) is 0 Å². The molecule has 0 aliphatic heterocycles. The Hall–Kier alpha value is -0.880. The van der Waals surface area contributed by atoms with Crippen LogP contribution in [0.15, 0.2) is 51.5 Å². The Bertz CT molecular complexity index is 675. The van der Waals surface area contributed by atoms with Crippen LogP contribution >= 0.6 is 38.5 Å². The molecule has 0 fully saturated rings. The van der Waals surface area contributed by atoms with Crippen LogP contribution in [-0.2, 0) is 0 Å². The second-order valence-electron chi connectivity index (χ2n) is 3.68. The number of halogens is 2. The standard InChI is InChI=1S/C13H7BrINO/c14-9-3-1-8(2-4-9)13-11-7-10(15)5-6-12(11)16-17-13/h1-7H. The van der Waals surface area contributed by atoms with Crippen molar-refractivity contribution in [3.63, 3.8) is 0 Å². The van der Waals surface area contributed by atoms with Crippen molar-refractivity contribution in [1.82, 2.24) is 5.16 Å². The van der Waals surface area contributed by atoms with Crippen molar-refractivity contribution < 1.29 is 4.52 Å². The van der Waals surface area contributed by atoms with Gasteiger partial charge in [-0.05, 0) is 65.1 Å². The maximum Gasteiger partial charge on any atom is 0.174 e. The van der Waals surface area contributed by atoms with E-state index in [0.717, 1.165) is 26.7 Å². The van der Waals surface area contributed by atoms with Crippen LogP contribution < -0.4 is 0 Å².